The predicted octanol–water partition coefficient (Wildman–Crippen LogP) is 3.84. The molecule has 0 aliphatic carbocycles. The first-order valence-corrected chi connectivity index (χ1v) is 10.1. The molecule has 3 rings (SSSR count). The first-order valence-electron chi connectivity index (χ1n) is 8.80. The number of benzene rings is 1. The van der Waals surface area contributed by atoms with E-state index in [1.165, 1.54) is 17.8 Å². The van der Waals surface area contributed by atoms with E-state index in [9.17, 15) is 9.59 Å². The summed E-state index contributed by atoms with van der Waals surface area (Å²) in [6, 6.07) is 7.35. The number of piperidine rings is 1. The van der Waals surface area contributed by atoms with Gasteiger partial charge in [0.15, 0.2) is 0 Å². The molecule has 1 saturated heterocycles. The van der Waals surface area contributed by atoms with Crippen molar-refractivity contribution < 1.29 is 9.59 Å². The minimum Gasteiger partial charge on any atom is -0.350 e. The number of carbonyl (C=O) groups is 2. The second kappa shape index (κ2) is 8.64. The van der Waals surface area contributed by atoms with Gasteiger partial charge in [0.1, 0.15) is 10.7 Å². The van der Waals surface area contributed by atoms with Gasteiger partial charge < -0.3 is 10.2 Å². The lowest BCUT2D eigenvalue weighted by atomic mass is 10.00. The van der Waals surface area contributed by atoms with Crippen LogP contribution in [-0.2, 0) is 4.79 Å². The molecular formula is C19H22ClN3O2S. The number of thiazole rings is 1. The van der Waals surface area contributed by atoms with Crippen molar-refractivity contribution in [1.82, 2.24) is 15.2 Å². The van der Waals surface area contributed by atoms with Crippen LogP contribution in [0.5, 0.6) is 0 Å². The summed E-state index contributed by atoms with van der Waals surface area (Å²) < 4.78 is 0. The van der Waals surface area contributed by atoms with Crippen molar-refractivity contribution in [3.8, 4) is 10.6 Å². The van der Waals surface area contributed by atoms with Gasteiger partial charge in [0.25, 0.3) is 5.91 Å². The van der Waals surface area contributed by atoms with Crippen LogP contribution < -0.4 is 5.32 Å². The lowest BCUT2D eigenvalue weighted by Crippen LogP contribution is -2.40. The first-order chi connectivity index (χ1) is 12.5. The van der Waals surface area contributed by atoms with Crippen LogP contribution in [0.15, 0.2) is 29.6 Å². The van der Waals surface area contributed by atoms with Crippen molar-refractivity contribution in [3.05, 3.63) is 40.4 Å². The molecule has 1 unspecified atom stereocenters. The van der Waals surface area contributed by atoms with Gasteiger partial charge in [-0.25, -0.2) is 4.98 Å². The Hall–Kier alpha value is -1.92. The van der Waals surface area contributed by atoms with E-state index in [0.29, 0.717) is 29.6 Å². The summed E-state index contributed by atoms with van der Waals surface area (Å²) >= 11 is 7.30. The van der Waals surface area contributed by atoms with Crippen LogP contribution in [0, 0.1) is 5.92 Å². The highest BCUT2D eigenvalue weighted by atomic mass is 35.5. The molecule has 1 fully saturated rings. The molecule has 0 saturated carbocycles. The monoisotopic (exact) mass is 391 g/mol. The second-order valence-electron chi connectivity index (χ2n) is 6.64. The van der Waals surface area contributed by atoms with Gasteiger partial charge in [-0.3, -0.25) is 9.59 Å². The van der Waals surface area contributed by atoms with Gasteiger partial charge in [-0.2, -0.15) is 0 Å². The third-order valence-electron chi connectivity index (χ3n) is 4.46. The van der Waals surface area contributed by atoms with E-state index in [2.05, 4.69) is 17.2 Å². The van der Waals surface area contributed by atoms with Gasteiger partial charge in [0.2, 0.25) is 5.91 Å². The van der Waals surface area contributed by atoms with E-state index < -0.39 is 0 Å². The van der Waals surface area contributed by atoms with Crippen LogP contribution in [0.2, 0.25) is 5.02 Å². The lowest BCUT2D eigenvalue weighted by Gasteiger charge is -2.31. The highest BCUT2D eigenvalue weighted by molar-refractivity contribution is 7.13. The molecule has 2 heterocycles. The Labute approximate surface area is 162 Å². The Morgan fingerprint density at radius 1 is 1.35 bits per heavy atom. The zero-order chi connectivity index (χ0) is 18.5. The zero-order valence-corrected chi connectivity index (χ0v) is 16.3. The van der Waals surface area contributed by atoms with Gasteiger partial charge in [0, 0.05) is 42.0 Å². The normalized spacial score (nSPS) is 17.2. The molecule has 1 aliphatic heterocycles. The van der Waals surface area contributed by atoms with Gasteiger partial charge in [0.05, 0.1) is 0 Å². The van der Waals surface area contributed by atoms with Crippen molar-refractivity contribution >= 4 is 34.8 Å². The molecule has 1 atom stereocenters. The number of likely N-dealkylation sites (tertiary alicyclic amines) is 1. The van der Waals surface area contributed by atoms with E-state index in [-0.39, 0.29) is 11.8 Å². The number of hydrogen-bond acceptors (Lipinski definition) is 4. The fraction of sp³-hybridized carbons (Fsp3) is 0.421. The molecular weight excluding hydrogens is 370 g/mol. The molecule has 1 aromatic carbocycles. The quantitative estimate of drug-likeness (QED) is 0.842. The topological polar surface area (TPSA) is 62.3 Å². The minimum atomic E-state index is -0.249. The summed E-state index contributed by atoms with van der Waals surface area (Å²) in [5, 5.41) is 5.95. The highest BCUT2D eigenvalue weighted by Crippen LogP contribution is 2.25. The number of aromatic nitrogens is 1. The Bertz CT molecular complexity index is 775. The van der Waals surface area contributed by atoms with Crippen molar-refractivity contribution in [3.63, 3.8) is 0 Å². The van der Waals surface area contributed by atoms with Crippen LogP contribution in [0.4, 0.5) is 0 Å². The van der Waals surface area contributed by atoms with Crippen LogP contribution >= 0.6 is 22.9 Å². The smallest absolute Gasteiger partial charge is 0.270 e. The Morgan fingerprint density at radius 2 is 2.12 bits per heavy atom. The molecule has 7 heteroatoms. The molecule has 1 aliphatic rings. The fourth-order valence-electron chi connectivity index (χ4n) is 3.05. The maximum atomic E-state index is 12.2. The lowest BCUT2D eigenvalue weighted by molar-refractivity contribution is -0.132. The van der Waals surface area contributed by atoms with E-state index in [1.807, 2.05) is 17.0 Å². The van der Waals surface area contributed by atoms with E-state index in [4.69, 9.17) is 11.6 Å². The third kappa shape index (κ3) is 4.83. The summed E-state index contributed by atoms with van der Waals surface area (Å²) in [5.41, 5.74) is 1.30. The number of nitrogens with one attached hydrogen (secondary N) is 1. The van der Waals surface area contributed by atoms with E-state index in [1.54, 1.807) is 17.5 Å². The number of amides is 2. The van der Waals surface area contributed by atoms with Gasteiger partial charge in [-0.05, 0) is 30.9 Å². The highest BCUT2D eigenvalue weighted by Gasteiger charge is 2.20. The zero-order valence-electron chi connectivity index (χ0n) is 14.7. The van der Waals surface area contributed by atoms with E-state index in [0.717, 1.165) is 30.1 Å². The number of nitrogens with zero attached hydrogens (tertiary/aromatic N) is 2. The summed E-state index contributed by atoms with van der Waals surface area (Å²) in [7, 11) is 0. The number of halogens is 1. The molecule has 138 valence electrons. The largest absolute Gasteiger partial charge is 0.350 e. The summed E-state index contributed by atoms with van der Waals surface area (Å²) in [5.74, 6) is 0.418. The molecule has 0 spiro atoms. The van der Waals surface area contributed by atoms with Crippen LogP contribution in [0.25, 0.3) is 10.6 Å². The first kappa shape index (κ1) is 18.9. The van der Waals surface area contributed by atoms with Crippen LogP contribution in [-0.4, -0.2) is 41.3 Å². The molecule has 26 heavy (non-hydrogen) atoms. The molecule has 0 radical (unpaired) electrons. The van der Waals surface area contributed by atoms with Crippen molar-refractivity contribution in [2.24, 2.45) is 5.92 Å². The Morgan fingerprint density at radius 3 is 2.85 bits per heavy atom. The average Bonchev–Trinajstić information content (AvgIpc) is 3.12. The number of carbonyl (C=O) groups excluding carboxylic acids is 2. The van der Waals surface area contributed by atoms with E-state index >= 15 is 0 Å². The number of hydrogen-bond donors (Lipinski definition) is 1. The Kier molecular flexibility index (Phi) is 6.27. The third-order valence-corrected chi connectivity index (χ3v) is 5.61. The summed E-state index contributed by atoms with van der Waals surface area (Å²) in [6.45, 7) is 4.15. The second-order valence-corrected chi connectivity index (χ2v) is 7.93. The summed E-state index contributed by atoms with van der Waals surface area (Å²) in [4.78, 5) is 30.7. The van der Waals surface area contributed by atoms with Crippen LogP contribution in [0.1, 0.15) is 36.7 Å². The fourth-order valence-corrected chi connectivity index (χ4v) is 3.98. The molecule has 2 amide bonds. The maximum Gasteiger partial charge on any atom is 0.270 e. The van der Waals surface area contributed by atoms with Gasteiger partial charge >= 0.3 is 0 Å². The SMILES string of the molecule is CC1CCCN(C(=O)CCNC(=O)c2csc(-c3ccc(Cl)cc3)n2)C1. The molecule has 1 N–H and O–H groups in total. The molecule has 1 aromatic heterocycles. The van der Waals surface area contributed by atoms with Crippen molar-refractivity contribution in [2.75, 3.05) is 19.6 Å². The molecule has 5 nitrogen and oxygen atoms in total. The minimum absolute atomic E-state index is 0.108. The van der Waals surface area contributed by atoms with Gasteiger partial charge in [-0.1, -0.05) is 30.7 Å². The average molecular weight is 392 g/mol. The maximum absolute atomic E-state index is 12.2. The van der Waals surface area contributed by atoms with Crippen molar-refractivity contribution in [1.29, 1.82) is 0 Å². The van der Waals surface area contributed by atoms with Crippen molar-refractivity contribution in [2.45, 2.75) is 26.2 Å². The van der Waals surface area contributed by atoms with Crippen LogP contribution in [0.3, 0.4) is 0 Å². The predicted molar refractivity (Wildman–Crippen MR) is 104 cm³/mol. The standard InChI is InChI=1S/C19H22ClN3O2S/c1-13-3-2-10-23(11-13)17(24)8-9-21-18(25)16-12-26-19(22-16)14-4-6-15(20)7-5-14/h4-7,12-13H,2-3,8-11H2,1H3,(H,21,25). The Balaban J connectivity index is 1.49. The van der Waals surface area contributed by atoms with Gasteiger partial charge in [-0.15, -0.1) is 11.3 Å². The molecule has 0 bridgehead atoms. The summed E-state index contributed by atoms with van der Waals surface area (Å²) in [6.07, 6.45) is 2.57. The molecule has 2 aromatic rings. The number of rotatable bonds is 5.